The van der Waals surface area contributed by atoms with Gasteiger partial charge in [0.25, 0.3) is 5.91 Å². The molecule has 0 spiro atoms. The van der Waals surface area contributed by atoms with Gasteiger partial charge in [-0.15, -0.1) is 0 Å². The first kappa shape index (κ1) is 27.4. The lowest BCUT2D eigenvalue weighted by Crippen LogP contribution is -2.40. The summed E-state index contributed by atoms with van der Waals surface area (Å²) in [6.45, 7) is 5.83. The van der Waals surface area contributed by atoms with Crippen LogP contribution in [0.1, 0.15) is 29.8 Å². The Labute approximate surface area is 211 Å². The zero-order chi connectivity index (χ0) is 26.0. The molecule has 0 radical (unpaired) electrons. The molecule has 36 heavy (non-hydrogen) atoms. The second-order valence-corrected chi connectivity index (χ2v) is 9.81. The topological polar surface area (TPSA) is 120 Å². The van der Waals surface area contributed by atoms with Crippen molar-refractivity contribution in [1.29, 1.82) is 0 Å². The maximum Gasteiger partial charge on any atom is 0.338 e. The average molecular weight is 521 g/mol. The lowest BCUT2D eigenvalue weighted by molar-refractivity contribution is -0.124. The third-order valence-corrected chi connectivity index (χ3v) is 7.25. The van der Waals surface area contributed by atoms with E-state index in [2.05, 4.69) is 5.32 Å². The van der Waals surface area contributed by atoms with E-state index in [1.54, 1.807) is 0 Å². The molecule has 3 rings (SSSR count). The zero-order valence-corrected chi connectivity index (χ0v) is 21.3. The van der Waals surface area contributed by atoms with E-state index >= 15 is 0 Å². The number of ether oxygens (including phenoxy) is 4. The maximum absolute atomic E-state index is 12.8. The van der Waals surface area contributed by atoms with Crippen molar-refractivity contribution in [3.05, 3.63) is 53.6 Å². The molecule has 1 amide bonds. The first-order valence-electron chi connectivity index (χ1n) is 11.9. The van der Waals surface area contributed by atoms with Crippen LogP contribution in [0.4, 0.5) is 0 Å². The van der Waals surface area contributed by atoms with E-state index in [4.69, 9.17) is 18.9 Å². The third kappa shape index (κ3) is 7.42. The van der Waals surface area contributed by atoms with Gasteiger partial charge in [0.1, 0.15) is 0 Å². The molecule has 2 aromatic carbocycles. The highest BCUT2D eigenvalue weighted by atomic mass is 32.2. The van der Waals surface area contributed by atoms with Gasteiger partial charge in [0.15, 0.2) is 18.1 Å². The largest absolute Gasteiger partial charge is 0.490 e. The highest BCUT2D eigenvalue weighted by Gasteiger charge is 2.27. The monoisotopic (exact) mass is 520 g/mol. The van der Waals surface area contributed by atoms with Gasteiger partial charge in [0.2, 0.25) is 10.0 Å². The van der Waals surface area contributed by atoms with Gasteiger partial charge in [0.05, 0.1) is 36.9 Å². The fraction of sp³-hybridized carbons (Fsp3) is 0.440. The van der Waals surface area contributed by atoms with Crippen LogP contribution >= 0.6 is 0 Å². The second-order valence-electron chi connectivity index (χ2n) is 7.87. The summed E-state index contributed by atoms with van der Waals surface area (Å²) in [5.41, 5.74) is 1.01. The molecule has 196 valence electrons. The lowest BCUT2D eigenvalue weighted by atomic mass is 10.1. The lowest BCUT2D eigenvalue weighted by Gasteiger charge is -2.26. The van der Waals surface area contributed by atoms with Crippen LogP contribution in [-0.2, 0) is 30.7 Å². The number of nitrogens with zero attached hydrogens (tertiary/aromatic N) is 1. The summed E-state index contributed by atoms with van der Waals surface area (Å²) in [5, 5.41) is 2.71. The van der Waals surface area contributed by atoms with E-state index in [9.17, 15) is 18.0 Å². The Morgan fingerprint density at radius 1 is 1.00 bits per heavy atom. The van der Waals surface area contributed by atoms with E-state index in [0.717, 1.165) is 5.56 Å². The predicted molar refractivity (Wildman–Crippen MR) is 132 cm³/mol. The molecule has 0 unspecified atom stereocenters. The standard InChI is InChI=1S/C25H32N2O8S/c1-3-33-22-9-8-19(16-23(22)34-4-2)10-11-26-24(28)18-35-25(29)20-6-5-7-21(17-20)36(30,31)27-12-14-32-15-13-27/h5-9,16-17H,3-4,10-15,18H2,1-2H3,(H,26,28). The van der Waals surface area contributed by atoms with E-state index in [-0.39, 0.29) is 23.5 Å². The van der Waals surface area contributed by atoms with Crippen LogP contribution in [0.5, 0.6) is 11.5 Å². The smallest absolute Gasteiger partial charge is 0.338 e. The van der Waals surface area contributed by atoms with Gasteiger partial charge >= 0.3 is 5.97 Å². The Hall–Kier alpha value is -3.15. The van der Waals surface area contributed by atoms with Crippen molar-refractivity contribution in [1.82, 2.24) is 9.62 Å². The molecule has 0 bridgehead atoms. The molecular weight excluding hydrogens is 488 g/mol. The molecule has 1 saturated heterocycles. The summed E-state index contributed by atoms with van der Waals surface area (Å²) in [4.78, 5) is 24.6. The highest BCUT2D eigenvalue weighted by Crippen LogP contribution is 2.28. The molecule has 10 nitrogen and oxygen atoms in total. The minimum Gasteiger partial charge on any atom is -0.490 e. The van der Waals surface area contributed by atoms with Crippen molar-refractivity contribution in [3.8, 4) is 11.5 Å². The summed E-state index contributed by atoms with van der Waals surface area (Å²) in [6, 6.07) is 11.2. The Bertz CT molecular complexity index is 1150. The van der Waals surface area contributed by atoms with Crippen molar-refractivity contribution in [2.24, 2.45) is 0 Å². The fourth-order valence-corrected chi connectivity index (χ4v) is 5.04. The number of benzene rings is 2. The van der Waals surface area contributed by atoms with E-state index in [1.807, 2.05) is 32.0 Å². The summed E-state index contributed by atoms with van der Waals surface area (Å²) in [5.74, 6) is 0.0734. The van der Waals surface area contributed by atoms with Gasteiger partial charge in [-0.1, -0.05) is 12.1 Å². The molecule has 1 N–H and O–H groups in total. The van der Waals surface area contributed by atoms with E-state index in [1.165, 1.54) is 28.6 Å². The Balaban J connectivity index is 1.49. The normalized spacial score (nSPS) is 14.2. The van der Waals surface area contributed by atoms with Gasteiger partial charge in [-0.3, -0.25) is 4.79 Å². The minimum absolute atomic E-state index is 0.00919. The molecule has 2 aromatic rings. The van der Waals surface area contributed by atoms with Crippen LogP contribution in [0.25, 0.3) is 0 Å². The fourth-order valence-electron chi connectivity index (χ4n) is 3.58. The number of hydrogen-bond acceptors (Lipinski definition) is 8. The Morgan fingerprint density at radius 2 is 1.72 bits per heavy atom. The van der Waals surface area contributed by atoms with Gasteiger partial charge in [0, 0.05) is 19.6 Å². The first-order chi connectivity index (χ1) is 17.3. The summed E-state index contributed by atoms with van der Waals surface area (Å²) < 4.78 is 48.4. The Kier molecular flexibility index (Phi) is 10.1. The van der Waals surface area contributed by atoms with Crippen LogP contribution in [-0.4, -0.2) is 77.3 Å². The zero-order valence-electron chi connectivity index (χ0n) is 20.5. The maximum atomic E-state index is 12.8. The summed E-state index contributed by atoms with van der Waals surface area (Å²) >= 11 is 0. The summed E-state index contributed by atoms with van der Waals surface area (Å²) in [6.07, 6.45) is 0.549. The number of hydrogen-bond donors (Lipinski definition) is 1. The van der Waals surface area contributed by atoms with Gasteiger partial charge in [-0.2, -0.15) is 4.31 Å². The molecular formula is C25H32N2O8S. The number of morpholine rings is 1. The number of esters is 1. The third-order valence-electron chi connectivity index (χ3n) is 5.36. The second kappa shape index (κ2) is 13.2. The van der Waals surface area contributed by atoms with Crippen LogP contribution in [0.15, 0.2) is 47.4 Å². The number of amides is 1. The minimum atomic E-state index is -3.75. The molecule has 0 aliphatic carbocycles. The van der Waals surface area contributed by atoms with Crippen molar-refractivity contribution in [2.45, 2.75) is 25.2 Å². The highest BCUT2D eigenvalue weighted by molar-refractivity contribution is 7.89. The molecule has 0 atom stereocenters. The number of carbonyl (C=O) groups excluding carboxylic acids is 2. The van der Waals surface area contributed by atoms with E-state index < -0.39 is 28.5 Å². The van der Waals surface area contributed by atoms with Crippen molar-refractivity contribution in [2.75, 3.05) is 52.7 Å². The van der Waals surface area contributed by atoms with Crippen molar-refractivity contribution < 1.29 is 37.0 Å². The quantitative estimate of drug-likeness (QED) is 0.422. The van der Waals surface area contributed by atoms with Crippen LogP contribution < -0.4 is 14.8 Å². The van der Waals surface area contributed by atoms with Crippen LogP contribution in [0.3, 0.4) is 0 Å². The van der Waals surface area contributed by atoms with Crippen LogP contribution in [0, 0.1) is 0 Å². The molecule has 1 aliphatic heterocycles. The van der Waals surface area contributed by atoms with Gasteiger partial charge < -0.3 is 24.3 Å². The van der Waals surface area contributed by atoms with Crippen molar-refractivity contribution >= 4 is 21.9 Å². The van der Waals surface area contributed by atoms with Gasteiger partial charge in [-0.25, -0.2) is 13.2 Å². The van der Waals surface area contributed by atoms with Crippen molar-refractivity contribution in [3.63, 3.8) is 0 Å². The molecule has 0 aromatic heterocycles. The number of carbonyl (C=O) groups is 2. The molecule has 0 saturated carbocycles. The summed E-state index contributed by atoms with van der Waals surface area (Å²) in [7, 11) is -3.75. The molecule has 11 heteroatoms. The molecule has 1 fully saturated rings. The average Bonchev–Trinajstić information content (AvgIpc) is 2.89. The molecule has 1 aliphatic rings. The van der Waals surface area contributed by atoms with Crippen LogP contribution in [0.2, 0.25) is 0 Å². The number of sulfonamides is 1. The number of rotatable bonds is 12. The SMILES string of the molecule is CCOc1ccc(CCNC(=O)COC(=O)c2cccc(S(=O)(=O)N3CCOCC3)c2)cc1OCC. The first-order valence-corrected chi connectivity index (χ1v) is 13.3. The van der Waals surface area contributed by atoms with E-state index in [0.29, 0.717) is 50.9 Å². The number of nitrogens with one attached hydrogen (secondary N) is 1. The van der Waals surface area contributed by atoms with Gasteiger partial charge in [-0.05, 0) is 56.2 Å². The predicted octanol–water partition coefficient (Wildman–Crippen LogP) is 2.02. The Morgan fingerprint density at radius 3 is 2.44 bits per heavy atom. The molecule has 1 heterocycles.